The summed E-state index contributed by atoms with van der Waals surface area (Å²) in [5, 5.41) is 19.4. The average molecular weight is 266 g/mol. The predicted molar refractivity (Wildman–Crippen MR) is 68.5 cm³/mol. The molecule has 0 aromatic heterocycles. The van der Waals surface area contributed by atoms with E-state index in [1.54, 1.807) is 25.1 Å². The van der Waals surface area contributed by atoms with Crippen molar-refractivity contribution in [2.45, 2.75) is 31.8 Å². The van der Waals surface area contributed by atoms with E-state index >= 15 is 0 Å². The van der Waals surface area contributed by atoms with E-state index in [2.05, 4.69) is 0 Å². The fourth-order valence-electron chi connectivity index (χ4n) is 2.13. The van der Waals surface area contributed by atoms with Crippen LogP contribution in [0.1, 0.15) is 31.7 Å². The van der Waals surface area contributed by atoms with E-state index in [4.69, 9.17) is 14.6 Å². The van der Waals surface area contributed by atoms with E-state index in [-0.39, 0.29) is 6.42 Å². The van der Waals surface area contributed by atoms with E-state index in [1.807, 2.05) is 0 Å². The molecule has 19 heavy (non-hydrogen) atoms. The first kappa shape index (κ1) is 13.7. The summed E-state index contributed by atoms with van der Waals surface area (Å²) in [6.45, 7) is 2.91. The monoisotopic (exact) mass is 266 g/mol. The van der Waals surface area contributed by atoms with Gasteiger partial charge < -0.3 is 19.7 Å². The van der Waals surface area contributed by atoms with Crippen molar-refractivity contribution in [2.24, 2.45) is 0 Å². The van der Waals surface area contributed by atoms with Crippen molar-refractivity contribution in [3.8, 4) is 11.5 Å². The third kappa shape index (κ3) is 2.98. The maximum atomic E-state index is 10.9. The first-order valence-electron chi connectivity index (χ1n) is 6.39. The maximum Gasteiger partial charge on any atom is 0.306 e. The number of aliphatic carboxylic acids is 1. The van der Waals surface area contributed by atoms with E-state index < -0.39 is 11.6 Å². The van der Waals surface area contributed by atoms with Gasteiger partial charge in [-0.1, -0.05) is 13.0 Å². The number of carbonyl (C=O) groups is 1. The maximum absolute atomic E-state index is 10.9. The second kappa shape index (κ2) is 5.48. The fourth-order valence-corrected chi connectivity index (χ4v) is 2.13. The summed E-state index contributed by atoms with van der Waals surface area (Å²) in [6, 6.07) is 5.09. The molecule has 0 saturated heterocycles. The van der Waals surface area contributed by atoms with Crippen LogP contribution in [0.5, 0.6) is 11.5 Å². The summed E-state index contributed by atoms with van der Waals surface area (Å²) in [7, 11) is 0. The van der Waals surface area contributed by atoms with Crippen molar-refractivity contribution in [1.29, 1.82) is 0 Å². The van der Waals surface area contributed by atoms with Crippen LogP contribution in [-0.2, 0) is 10.4 Å². The molecule has 1 aromatic carbocycles. The number of hydrogen-bond donors (Lipinski definition) is 2. The molecule has 0 bridgehead atoms. The second-order valence-corrected chi connectivity index (χ2v) is 4.67. The molecule has 0 amide bonds. The minimum atomic E-state index is -1.38. The summed E-state index contributed by atoms with van der Waals surface area (Å²) in [6.07, 6.45) is 0.791. The Morgan fingerprint density at radius 3 is 2.63 bits per heavy atom. The largest absolute Gasteiger partial charge is 0.490 e. The standard InChI is InChI=1S/C14H18O5/c1-2-14(17,9-13(15)16)10-4-5-11-12(8-10)19-7-3-6-18-11/h4-5,8,17H,2-3,6-7,9H2,1H3,(H,15,16). The third-order valence-electron chi connectivity index (χ3n) is 3.31. The van der Waals surface area contributed by atoms with Gasteiger partial charge in [0.15, 0.2) is 11.5 Å². The Morgan fingerprint density at radius 2 is 2.00 bits per heavy atom. The number of fused-ring (bicyclic) bond motifs is 1. The Balaban J connectivity index is 2.34. The van der Waals surface area contributed by atoms with Gasteiger partial charge in [-0.05, 0) is 24.1 Å². The highest BCUT2D eigenvalue weighted by Crippen LogP contribution is 2.36. The smallest absolute Gasteiger partial charge is 0.306 e. The van der Waals surface area contributed by atoms with Crippen molar-refractivity contribution in [3.05, 3.63) is 23.8 Å². The summed E-state index contributed by atoms with van der Waals surface area (Å²) in [5.41, 5.74) is -0.835. The van der Waals surface area contributed by atoms with Crippen LogP contribution < -0.4 is 9.47 Å². The molecule has 1 aromatic rings. The van der Waals surface area contributed by atoms with Crippen LogP contribution in [0.2, 0.25) is 0 Å². The van der Waals surface area contributed by atoms with Gasteiger partial charge in [-0.2, -0.15) is 0 Å². The van der Waals surface area contributed by atoms with Gasteiger partial charge in [0.2, 0.25) is 0 Å². The lowest BCUT2D eigenvalue weighted by molar-refractivity contribution is -0.143. The van der Waals surface area contributed by atoms with Crippen LogP contribution in [-0.4, -0.2) is 29.4 Å². The Labute approximate surface area is 111 Å². The SMILES string of the molecule is CCC(O)(CC(=O)O)c1ccc2c(c1)OCCCO2. The summed E-state index contributed by atoms with van der Waals surface area (Å²) in [5.74, 6) is 0.166. The molecule has 1 aliphatic heterocycles. The molecule has 1 atom stereocenters. The zero-order chi connectivity index (χ0) is 13.9. The van der Waals surface area contributed by atoms with Crippen molar-refractivity contribution < 1.29 is 24.5 Å². The fraction of sp³-hybridized carbons (Fsp3) is 0.500. The van der Waals surface area contributed by atoms with Gasteiger partial charge in [0.05, 0.1) is 25.2 Å². The van der Waals surface area contributed by atoms with Crippen molar-refractivity contribution in [1.82, 2.24) is 0 Å². The van der Waals surface area contributed by atoms with Crippen LogP contribution in [0.25, 0.3) is 0 Å². The van der Waals surface area contributed by atoms with E-state index in [1.165, 1.54) is 0 Å². The van der Waals surface area contributed by atoms with Gasteiger partial charge in [-0.15, -0.1) is 0 Å². The molecule has 2 rings (SSSR count). The molecule has 0 radical (unpaired) electrons. The van der Waals surface area contributed by atoms with E-state index in [9.17, 15) is 9.90 Å². The molecule has 5 heteroatoms. The summed E-state index contributed by atoms with van der Waals surface area (Å²) < 4.78 is 11.1. The molecule has 0 saturated carbocycles. The normalized spacial score (nSPS) is 17.4. The van der Waals surface area contributed by atoms with E-state index in [0.29, 0.717) is 36.7 Å². The molecule has 1 unspecified atom stereocenters. The number of carboxylic acid groups (broad SMARTS) is 1. The van der Waals surface area contributed by atoms with Gasteiger partial charge in [-0.3, -0.25) is 4.79 Å². The minimum absolute atomic E-state index is 0.318. The van der Waals surface area contributed by atoms with Crippen molar-refractivity contribution in [2.75, 3.05) is 13.2 Å². The molecule has 0 spiro atoms. The molecule has 2 N–H and O–H groups in total. The highest BCUT2D eigenvalue weighted by atomic mass is 16.5. The highest BCUT2D eigenvalue weighted by Gasteiger charge is 2.31. The zero-order valence-corrected chi connectivity index (χ0v) is 10.9. The number of ether oxygens (including phenoxy) is 2. The topological polar surface area (TPSA) is 76.0 Å². The van der Waals surface area contributed by atoms with Gasteiger partial charge in [0.1, 0.15) is 0 Å². The molecule has 0 fully saturated rings. The lowest BCUT2D eigenvalue weighted by Crippen LogP contribution is -2.28. The number of rotatable bonds is 4. The average Bonchev–Trinajstić information content (AvgIpc) is 2.62. The van der Waals surface area contributed by atoms with Crippen LogP contribution in [0.4, 0.5) is 0 Å². The van der Waals surface area contributed by atoms with Gasteiger partial charge in [-0.25, -0.2) is 0 Å². The Bertz CT molecular complexity index is 471. The third-order valence-corrected chi connectivity index (χ3v) is 3.31. The Hall–Kier alpha value is -1.75. The summed E-state index contributed by atoms with van der Waals surface area (Å²) >= 11 is 0. The number of aliphatic hydroxyl groups is 1. The quantitative estimate of drug-likeness (QED) is 0.870. The minimum Gasteiger partial charge on any atom is -0.490 e. The number of carboxylic acids is 1. The lowest BCUT2D eigenvalue weighted by atomic mass is 9.88. The lowest BCUT2D eigenvalue weighted by Gasteiger charge is -2.26. The van der Waals surface area contributed by atoms with Gasteiger partial charge in [0, 0.05) is 6.42 Å². The predicted octanol–water partition coefficient (Wildman–Crippen LogP) is 1.92. The number of hydrogen-bond acceptors (Lipinski definition) is 4. The van der Waals surface area contributed by atoms with Crippen molar-refractivity contribution >= 4 is 5.97 Å². The van der Waals surface area contributed by atoms with Crippen LogP contribution in [0, 0.1) is 0 Å². The molecular weight excluding hydrogens is 248 g/mol. The second-order valence-electron chi connectivity index (χ2n) is 4.67. The van der Waals surface area contributed by atoms with Crippen LogP contribution in [0.3, 0.4) is 0 Å². The Kier molecular flexibility index (Phi) is 3.95. The highest BCUT2D eigenvalue weighted by molar-refractivity contribution is 5.68. The van der Waals surface area contributed by atoms with Crippen LogP contribution in [0.15, 0.2) is 18.2 Å². The molecule has 5 nitrogen and oxygen atoms in total. The van der Waals surface area contributed by atoms with Gasteiger partial charge >= 0.3 is 5.97 Å². The van der Waals surface area contributed by atoms with Crippen LogP contribution >= 0.6 is 0 Å². The van der Waals surface area contributed by atoms with Gasteiger partial charge in [0.25, 0.3) is 0 Å². The molecular formula is C14H18O5. The molecule has 1 aliphatic rings. The molecule has 0 aliphatic carbocycles. The summed E-state index contributed by atoms with van der Waals surface area (Å²) in [4.78, 5) is 10.9. The number of benzene rings is 1. The first-order chi connectivity index (χ1) is 9.05. The Morgan fingerprint density at radius 1 is 1.32 bits per heavy atom. The van der Waals surface area contributed by atoms with Crippen molar-refractivity contribution in [3.63, 3.8) is 0 Å². The molecule has 104 valence electrons. The molecule has 1 heterocycles. The van der Waals surface area contributed by atoms with E-state index in [0.717, 1.165) is 6.42 Å². The first-order valence-corrected chi connectivity index (χ1v) is 6.39. The zero-order valence-electron chi connectivity index (χ0n) is 10.9.